The molecule has 18 heavy (non-hydrogen) atoms. The van der Waals surface area contributed by atoms with Crippen LogP contribution < -0.4 is 0 Å². The summed E-state index contributed by atoms with van der Waals surface area (Å²) in [5.41, 5.74) is 1.54. The Morgan fingerprint density at radius 3 is 2.17 bits per heavy atom. The van der Waals surface area contributed by atoms with E-state index >= 15 is 0 Å². The van der Waals surface area contributed by atoms with Gasteiger partial charge in [0.2, 0.25) is 0 Å². The van der Waals surface area contributed by atoms with Gasteiger partial charge in [0.15, 0.2) is 0 Å². The highest BCUT2D eigenvalue weighted by Crippen LogP contribution is 2.35. The maximum Gasteiger partial charge on any atom is 0.0504 e. The third-order valence-corrected chi connectivity index (χ3v) is 4.23. The van der Waals surface area contributed by atoms with Crippen LogP contribution in [-0.4, -0.2) is 10.5 Å². The van der Waals surface area contributed by atoms with Gasteiger partial charge in [-0.05, 0) is 35.9 Å². The second kappa shape index (κ2) is 5.62. The molecule has 2 aromatic rings. The van der Waals surface area contributed by atoms with Gasteiger partial charge in [-0.2, -0.15) is 0 Å². The van der Waals surface area contributed by atoms with Crippen molar-refractivity contribution in [1.82, 2.24) is 0 Å². The Morgan fingerprint density at radius 1 is 0.889 bits per heavy atom. The minimum atomic E-state index is -1.15. The molecule has 0 N–H and O–H groups in total. The van der Waals surface area contributed by atoms with E-state index < -0.39 is 10.8 Å². The molecular weight excluding hydrogens is 311 g/mol. The second-order valence-corrected chi connectivity index (χ2v) is 6.35. The maximum atomic E-state index is 11.8. The van der Waals surface area contributed by atoms with Gasteiger partial charge in [-0.25, -0.2) is 0 Å². The molecule has 0 bridgehead atoms. The number of halogens is 3. The summed E-state index contributed by atoms with van der Waals surface area (Å²) in [6.45, 7) is 0. The van der Waals surface area contributed by atoms with E-state index in [1.54, 1.807) is 42.7 Å². The molecule has 0 saturated carbocycles. The largest absolute Gasteiger partial charge is 0.255 e. The first-order valence-electron chi connectivity index (χ1n) is 5.07. The molecule has 2 aromatic carbocycles. The molecule has 2 rings (SSSR count). The molecule has 1 nitrogen and oxygen atoms in total. The van der Waals surface area contributed by atoms with Crippen LogP contribution in [0.2, 0.25) is 15.1 Å². The quantitative estimate of drug-likeness (QED) is 0.757. The summed E-state index contributed by atoms with van der Waals surface area (Å²) >= 11 is 18.1. The van der Waals surface area contributed by atoms with E-state index in [0.717, 1.165) is 11.1 Å². The SMILES string of the molecule is CS(=O)c1cc(Cl)ccc1-c1cc(Cl)ccc1Cl. The Balaban J connectivity index is 2.70. The molecule has 0 aliphatic carbocycles. The van der Waals surface area contributed by atoms with Crippen LogP contribution in [0.15, 0.2) is 41.3 Å². The maximum absolute atomic E-state index is 11.8. The second-order valence-electron chi connectivity index (χ2n) is 3.72. The van der Waals surface area contributed by atoms with E-state index in [0.29, 0.717) is 20.0 Å². The minimum Gasteiger partial charge on any atom is -0.255 e. The van der Waals surface area contributed by atoms with Crippen molar-refractivity contribution in [2.45, 2.75) is 4.90 Å². The van der Waals surface area contributed by atoms with Gasteiger partial charge >= 0.3 is 0 Å². The van der Waals surface area contributed by atoms with Crippen molar-refractivity contribution in [2.24, 2.45) is 0 Å². The molecule has 5 heteroatoms. The first-order chi connectivity index (χ1) is 8.49. The van der Waals surface area contributed by atoms with Gasteiger partial charge in [0.25, 0.3) is 0 Å². The van der Waals surface area contributed by atoms with Crippen LogP contribution in [0.4, 0.5) is 0 Å². The fourth-order valence-corrected chi connectivity index (χ4v) is 3.07. The van der Waals surface area contributed by atoms with E-state index in [2.05, 4.69) is 0 Å². The zero-order valence-corrected chi connectivity index (χ0v) is 12.5. The smallest absolute Gasteiger partial charge is 0.0504 e. The molecule has 0 heterocycles. The third-order valence-electron chi connectivity index (χ3n) is 2.47. The van der Waals surface area contributed by atoms with Crippen LogP contribution in [0.5, 0.6) is 0 Å². The Kier molecular flexibility index (Phi) is 4.33. The summed E-state index contributed by atoms with van der Waals surface area (Å²) in [7, 11) is -1.15. The Labute approximate surface area is 123 Å². The van der Waals surface area contributed by atoms with Crippen molar-refractivity contribution in [1.29, 1.82) is 0 Å². The normalized spacial score (nSPS) is 12.4. The van der Waals surface area contributed by atoms with E-state index in [9.17, 15) is 4.21 Å². The summed E-state index contributed by atoms with van der Waals surface area (Å²) < 4.78 is 11.8. The average molecular weight is 320 g/mol. The summed E-state index contributed by atoms with van der Waals surface area (Å²) in [5.74, 6) is 0. The van der Waals surface area contributed by atoms with Crippen LogP contribution in [0.1, 0.15) is 0 Å². The van der Waals surface area contributed by atoms with E-state index in [1.165, 1.54) is 0 Å². The first-order valence-corrected chi connectivity index (χ1v) is 7.76. The summed E-state index contributed by atoms with van der Waals surface area (Å²) in [6, 6.07) is 10.4. The molecule has 0 saturated heterocycles. The zero-order chi connectivity index (χ0) is 13.3. The summed E-state index contributed by atoms with van der Waals surface area (Å²) in [4.78, 5) is 0.645. The van der Waals surface area contributed by atoms with Crippen LogP contribution in [-0.2, 0) is 10.8 Å². The van der Waals surface area contributed by atoms with E-state index in [1.807, 2.05) is 0 Å². The lowest BCUT2D eigenvalue weighted by molar-refractivity contribution is 0.687. The molecule has 0 amide bonds. The standard InChI is InChI=1S/C13H9Cl3OS/c1-18(17)13-7-9(15)2-4-10(13)11-6-8(14)3-5-12(11)16/h2-7H,1H3. The Hall–Kier alpha value is -0.540. The van der Waals surface area contributed by atoms with Gasteiger partial charge in [0, 0.05) is 31.8 Å². The van der Waals surface area contributed by atoms with Gasteiger partial charge in [-0.15, -0.1) is 0 Å². The lowest BCUT2D eigenvalue weighted by atomic mass is 10.1. The fourth-order valence-electron chi connectivity index (χ4n) is 1.66. The highest BCUT2D eigenvalue weighted by atomic mass is 35.5. The van der Waals surface area contributed by atoms with Gasteiger partial charge in [0.05, 0.1) is 10.8 Å². The molecule has 0 aromatic heterocycles. The van der Waals surface area contributed by atoms with E-state index in [4.69, 9.17) is 34.8 Å². The third kappa shape index (κ3) is 2.89. The predicted molar refractivity (Wildman–Crippen MR) is 79.2 cm³/mol. The molecule has 0 radical (unpaired) electrons. The number of hydrogen-bond donors (Lipinski definition) is 0. The molecule has 0 aliphatic heterocycles. The summed E-state index contributed by atoms with van der Waals surface area (Å²) in [5, 5.41) is 1.69. The van der Waals surface area contributed by atoms with Crippen molar-refractivity contribution in [3.63, 3.8) is 0 Å². The molecule has 0 fully saturated rings. The lowest BCUT2D eigenvalue weighted by Gasteiger charge is -2.10. The molecule has 1 atom stereocenters. The Bertz CT molecular complexity index is 626. The highest BCUT2D eigenvalue weighted by molar-refractivity contribution is 7.84. The van der Waals surface area contributed by atoms with Crippen molar-refractivity contribution in [3.05, 3.63) is 51.5 Å². The molecule has 1 unspecified atom stereocenters. The monoisotopic (exact) mass is 318 g/mol. The van der Waals surface area contributed by atoms with Gasteiger partial charge in [-0.3, -0.25) is 4.21 Å². The first kappa shape index (κ1) is 13.9. The number of rotatable bonds is 2. The van der Waals surface area contributed by atoms with Crippen molar-refractivity contribution < 1.29 is 4.21 Å². The van der Waals surface area contributed by atoms with Gasteiger partial charge in [-0.1, -0.05) is 40.9 Å². The van der Waals surface area contributed by atoms with E-state index in [-0.39, 0.29) is 0 Å². The van der Waals surface area contributed by atoms with Crippen molar-refractivity contribution >= 4 is 45.6 Å². The topological polar surface area (TPSA) is 17.1 Å². The van der Waals surface area contributed by atoms with Gasteiger partial charge < -0.3 is 0 Å². The van der Waals surface area contributed by atoms with Crippen LogP contribution >= 0.6 is 34.8 Å². The van der Waals surface area contributed by atoms with Crippen LogP contribution in [0.3, 0.4) is 0 Å². The highest BCUT2D eigenvalue weighted by Gasteiger charge is 2.12. The predicted octanol–water partition coefficient (Wildman–Crippen LogP) is 5.05. The van der Waals surface area contributed by atoms with Crippen LogP contribution in [0.25, 0.3) is 11.1 Å². The Morgan fingerprint density at radius 2 is 1.50 bits per heavy atom. The molecule has 0 spiro atoms. The molecule has 0 aliphatic rings. The molecule has 94 valence electrons. The molecular formula is C13H9Cl3OS. The fraction of sp³-hybridized carbons (Fsp3) is 0.0769. The number of hydrogen-bond acceptors (Lipinski definition) is 1. The average Bonchev–Trinajstić information content (AvgIpc) is 2.32. The lowest BCUT2D eigenvalue weighted by Crippen LogP contribution is -1.93. The number of benzene rings is 2. The van der Waals surface area contributed by atoms with Crippen molar-refractivity contribution in [2.75, 3.05) is 6.26 Å². The summed E-state index contributed by atoms with van der Waals surface area (Å²) in [6.07, 6.45) is 1.60. The van der Waals surface area contributed by atoms with Gasteiger partial charge in [0.1, 0.15) is 0 Å². The minimum absolute atomic E-state index is 0.544. The van der Waals surface area contributed by atoms with Crippen LogP contribution in [0, 0.1) is 0 Å². The van der Waals surface area contributed by atoms with Crippen molar-refractivity contribution in [3.8, 4) is 11.1 Å². The zero-order valence-electron chi connectivity index (χ0n) is 9.41.